The SMILES string of the molecule is COc1ccc2c(ccc(=O)n2CCCOc2ccc(N)cc2)c1. The zero-order valence-electron chi connectivity index (χ0n) is 13.6. The lowest BCUT2D eigenvalue weighted by molar-refractivity contribution is 0.302. The van der Waals surface area contributed by atoms with Crippen LogP contribution in [0.1, 0.15) is 6.42 Å². The smallest absolute Gasteiger partial charge is 0.251 e. The number of aromatic nitrogens is 1. The number of benzene rings is 2. The lowest BCUT2D eigenvalue weighted by Gasteiger charge is -2.12. The minimum Gasteiger partial charge on any atom is -0.497 e. The Hall–Kier alpha value is -2.95. The number of pyridine rings is 1. The molecule has 3 rings (SSSR count). The van der Waals surface area contributed by atoms with Crippen LogP contribution in [0.4, 0.5) is 5.69 Å². The van der Waals surface area contributed by atoms with Gasteiger partial charge in [0.2, 0.25) is 0 Å². The predicted molar refractivity (Wildman–Crippen MR) is 95.7 cm³/mol. The molecule has 124 valence electrons. The summed E-state index contributed by atoms with van der Waals surface area (Å²) in [5.41, 5.74) is 7.24. The standard InChI is InChI=1S/C19H20N2O3/c1-23-17-8-9-18-14(13-17)3-10-19(22)21(18)11-2-12-24-16-6-4-15(20)5-7-16/h3-10,13H,2,11-12,20H2,1H3. The van der Waals surface area contributed by atoms with Gasteiger partial charge < -0.3 is 19.8 Å². The molecule has 2 N–H and O–H groups in total. The Labute approximate surface area is 140 Å². The molecular weight excluding hydrogens is 304 g/mol. The minimum atomic E-state index is -0.0137. The number of nitrogens with two attached hydrogens (primary N) is 1. The van der Waals surface area contributed by atoms with Crippen molar-refractivity contribution in [3.05, 3.63) is 65.0 Å². The molecule has 0 saturated heterocycles. The van der Waals surface area contributed by atoms with E-state index in [1.54, 1.807) is 29.9 Å². The summed E-state index contributed by atoms with van der Waals surface area (Å²) in [4.78, 5) is 12.2. The molecule has 0 aliphatic heterocycles. The van der Waals surface area contributed by atoms with Gasteiger partial charge in [-0.2, -0.15) is 0 Å². The molecule has 0 radical (unpaired) electrons. The summed E-state index contributed by atoms with van der Waals surface area (Å²) >= 11 is 0. The molecule has 5 heteroatoms. The highest BCUT2D eigenvalue weighted by Crippen LogP contribution is 2.19. The Kier molecular flexibility index (Phi) is 4.70. The van der Waals surface area contributed by atoms with Crippen molar-refractivity contribution in [1.29, 1.82) is 0 Å². The summed E-state index contributed by atoms with van der Waals surface area (Å²) in [7, 11) is 1.63. The van der Waals surface area contributed by atoms with Gasteiger partial charge >= 0.3 is 0 Å². The van der Waals surface area contributed by atoms with E-state index in [9.17, 15) is 4.79 Å². The number of nitrogens with zero attached hydrogens (tertiary/aromatic N) is 1. The Morgan fingerprint density at radius 2 is 1.75 bits per heavy atom. The van der Waals surface area contributed by atoms with E-state index in [-0.39, 0.29) is 5.56 Å². The molecule has 0 aliphatic carbocycles. The Morgan fingerprint density at radius 3 is 2.50 bits per heavy atom. The summed E-state index contributed by atoms with van der Waals surface area (Å²) in [6, 6.07) is 16.4. The van der Waals surface area contributed by atoms with Crippen LogP contribution in [-0.2, 0) is 6.54 Å². The van der Waals surface area contributed by atoms with Gasteiger partial charge in [-0.3, -0.25) is 4.79 Å². The fraction of sp³-hybridized carbons (Fsp3) is 0.211. The molecule has 5 nitrogen and oxygen atoms in total. The van der Waals surface area contributed by atoms with Crippen molar-refractivity contribution in [3.63, 3.8) is 0 Å². The van der Waals surface area contributed by atoms with Crippen LogP contribution in [0.2, 0.25) is 0 Å². The first-order chi connectivity index (χ1) is 11.7. The third kappa shape index (κ3) is 3.51. The van der Waals surface area contributed by atoms with Crippen molar-refractivity contribution in [2.75, 3.05) is 19.5 Å². The maximum atomic E-state index is 12.2. The first kappa shape index (κ1) is 15.9. The van der Waals surface area contributed by atoms with E-state index in [1.807, 2.05) is 36.4 Å². The van der Waals surface area contributed by atoms with Crippen LogP contribution in [0.5, 0.6) is 11.5 Å². The van der Waals surface area contributed by atoms with Crippen molar-refractivity contribution in [2.24, 2.45) is 0 Å². The lowest BCUT2D eigenvalue weighted by atomic mass is 10.2. The number of methoxy groups -OCH3 is 1. The highest BCUT2D eigenvalue weighted by molar-refractivity contribution is 5.80. The molecule has 3 aromatic rings. The zero-order chi connectivity index (χ0) is 16.9. The molecule has 0 unspecified atom stereocenters. The van der Waals surface area contributed by atoms with Crippen molar-refractivity contribution in [1.82, 2.24) is 4.57 Å². The predicted octanol–water partition coefficient (Wildman–Crippen LogP) is 3.06. The average molecular weight is 324 g/mol. The lowest BCUT2D eigenvalue weighted by Crippen LogP contribution is -2.20. The van der Waals surface area contributed by atoms with E-state index in [4.69, 9.17) is 15.2 Å². The highest BCUT2D eigenvalue weighted by Gasteiger charge is 2.04. The fourth-order valence-electron chi connectivity index (χ4n) is 2.62. The third-order valence-electron chi connectivity index (χ3n) is 3.87. The quantitative estimate of drug-likeness (QED) is 0.559. The molecule has 0 bridgehead atoms. The summed E-state index contributed by atoms with van der Waals surface area (Å²) in [6.07, 6.45) is 0.732. The average Bonchev–Trinajstić information content (AvgIpc) is 2.61. The maximum absolute atomic E-state index is 12.2. The summed E-state index contributed by atoms with van der Waals surface area (Å²) in [6.45, 7) is 1.13. The van der Waals surface area contributed by atoms with Crippen LogP contribution in [0, 0.1) is 0 Å². The Balaban J connectivity index is 1.69. The van der Waals surface area contributed by atoms with E-state index in [1.165, 1.54) is 0 Å². The number of ether oxygens (including phenoxy) is 2. The monoisotopic (exact) mass is 324 g/mol. The summed E-state index contributed by atoms with van der Waals surface area (Å²) in [5, 5.41) is 0.980. The second-order valence-electron chi connectivity index (χ2n) is 5.52. The topological polar surface area (TPSA) is 66.5 Å². The van der Waals surface area contributed by atoms with Crippen LogP contribution in [0.25, 0.3) is 10.9 Å². The largest absolute Gasteiger partial charge is 0.497 e. The Morgan fingerprint density at radius 1 is 1.00 bits per heavy atom. The molecule has 2 aromatic carbocycles. The molecule has 0 atom stereocenters. The summed E-state index contributed by atoms with van der Waals surface area (Å²) < 4.78 is 12.7. The molecule has 1 heterocycles. The maximum Gasteiger partial charge on any atom is 0.251 e. The van der Waals surface area contributed by atoms with Gasteiger partial charge in [-0.05, 0) is 55.0 Å². The van der Waals surface area contributed by atoms with Gasteiger partial charge in [0.25, 0.3) is 5.56 Å². The fourth-order valence-corrected chi connectivity index (χ4v) is 2.62. The van der Waals surface area contributed by atoms with E-state index in [0.29, 0.717) is 18.8 Å². The molecule has 1 aromatic heterocycles. The van der Waals surface area contributed by atoms with Gasteiger partial charge in [-0.25, -0.2) is 0 Å². The van der Waals surface area contributed by atoms with E-state index in [2.05, 4.69) is 0 Å². The van der Waals surface area contributed by atoms with Crippen molar-refractivity contribution < 1.29 is 9.47 Å². The normalized spacial score (nSPS) is 10.7. The van der Waals surface area contributed by atoms with E-state index >= 15 is 0 Å². The second kappa shape index (κ2) is 7.08. The Bertz CT molecular complexity index is 885. The number of anilines is 1. The minimum absolute atomic E-state index is 0.0137. The van der Waals surface area contributed by atoms with Gasteiger partial charge in [-0.15, -0.1) is 0 Å². The molecule has 0 fully saturated rings. The van der Waals surface area contributed by atoms with Crippen LogP contribution in [-0.4, -0.2) is 18.3 Å². The second-order valence-corrected chi connectivity index (χ2v) is 5.52. The van der Waals surface area contributed by atoms with Crippen LogP contribution in [0.3, 0.4) is 0 Å². The van der Waals surface area contributed by atoms with Crippen LogP contribution in [0.15, 0.2) is 59.4 Å². The highest BCUT2D eigenvalue weighted by atomic mass is 16.5. The molecular formula is C19H20N2O3. The zero-order valence-corrected chi connectivity index (χ0v) is 13.6. The number of aryl methyl sites for hydroxylation is 1. The van der Waals surface area contributed by atoms with Gasteiger partial charge in [0.1, 0.15) is 11.5 Å². The first-order valence-electron chi connectivity index (χ1n) is 7.83. The van der Waals surface area contributed by atoms with E-state index in [0.717, 1.165) is 28.8 Å². The van der Waals surface area contributed by atoms with Crippen molar-refractivity contribution >= 4 is 16.6 Å². The first-order valence-corrected chi connectivity index (χ1v) is 7.83. The molecule has 0 spiro atoms. The number of hydrogen-bond donors (Lipinski definition) is 1. The number of fused-ring (bicyclic) bond motifs is 1. The van der Waals surface area contributed by atoms with E-state index < -0.39 is 0 Å². The van der Waals surface area contributed by atoms with Gasteiger partial charge in [0.15, 0.2) is 0 Å². The molecule has 0 saturated carbocycles. The van der Waals surface area contributed by atoms with Crippen LogP contribution < -0.4 is 20.8 Å². The van der Waals surface area contributed by atoms with Gasteiger partial charge in [0.05, 0.1) is 19.2 Å². The molecule has 24 heavy (non-hydrogen) atoms. The third-order valence-corrected chi connectivity index (χ3v) is 3.87. The number of hydrogen-bond acceptors (Lipinski definition) is 4. The number of rotatable bonds is 6. The molecule has 0 aliphatic rings. The molecule has 0 amide bonds. The summed E-state index contributed by atoms with van der Waals surface area (Å²) in [5.74, 6) is 1.55. The van der Waals surface area contributed by atoms with Gasteiger partial charge in [0, 0.05) is 23.7 Å². The van der Waals surface area contributed by atoms with Gasteiger partial charge in [-0.1, -0.05) is 0 Å². The van der Waals surface area contributed by atoms with Crippen molar-refractivity contribution in [3.8, 4) is 11.5 Å². The van der Waals surface area contributed by atoms with Crippen LogP contribution >= 0.6 is 0 Å². The van der Waals surface area contributed by atoms with Crippen molar-refractivity contribution in [2.45, 2.75) is 13.0 Å². The number of nitrogen functional groups attached to an aromatic ring is 1.